The standard InChI is InChI=1S/C31H34Cl3N5O3/c1-37(2)13-11-29(40)39-16-14-38(15-17-39)28-9-7-23(19-27(28)36-31(42)22-4-3-5-24(32)18-22)30(41)35-12-10-21-6-8-25(33)20-26(21)34/h3-9,18-20H,10-17H2,1-2H3,(H,35,41)(H,36,42). The summed E-state index contributed by atoms with van der Waals surface area (Å²) >= 11 is 18.4. The highest BCUT2D eigenvalue weighted by Gasteiger charge is 2.24. The molecule has 8 nitrogen and oxygen atoms in total. The topological polar surface area (TPSA) is 85.0 Å². The molecule has 3 aromatic rings. The predicted octanol–water partition coefficient (Wildman–Crippen LogP) is 5.47. The Morgan fingerprint density at radius 2 is 1.55 bits per heavy atom. The number of rotatable bonds is 10. The first kappa shape index (κ1) is 31.6. The van der Waals surface area contributed by atoms with Crippen LogP contribution in [-0.4, -0.2) is 80.9 Å². The third kappa shape index (κ3) is 8.61. The molecule has 3 aromatic carbocycles. The van der Waals surface area contributed by atoms with Crippen LogP contribution in [0.1, 0.15) is 32.7 Å². The molecule has 0 unspecified atom stereocenters. The summed E-state index contributed by atoms with van der Waals surface area (Å²) < 4.78 is 0. The molecule has 1 fully saturated rings. The minimum absolute atomic E-state index is 0.129. The molecule has 0 atom stereocenters. The van der Waals surface area contributed by atoms with Gasteiger partial charge in [-0.2, -0.15) is 0 Å². The van der Waals surface area contributed by atoms with Gasteiger partial charge >= 0.3 is 0 Å². The Hall–Kier alpha value is -3.30. The van der Waals surface area contributed by atoms with Gasteiger partial charge in [-0.1, -0.05) is 46.9 Å². The number of nitrogens with one attached hydrogen (secondary N) is 2. The quantitative estimate of drug-likeness (QED) is 0.310. The monoisotopic (exact) mass is 629 g/mol. The van der Waals surface area contributed by atoms with Crippen molar-refractivity contribution in [1.29, 1.82) is 0 Å². The van der Waals surface area contributed by atoms with Crippen molar-refractivity contribution in [2.75, 3.05) is 63.6 Å². The van der Waals surface area contributed by atoms with E-state index in [1.807, 2.05) is 36.0 Å². The van der Waals surface area contributed by atoms with Crippen LogP contribution in [0.25, 0.3) is 0 Å². The van der Waals surface area contributed by atoms with E-state index in [2.05, 4.69) is 15.5 Å². The maximum Gasteiger partial charge on any atom is 0.255 e. The van der Waals surface area contributed by atoms with Gasteiger partial charge in [-0.25, -0.2) is 0 Å². The number of hydrogen-bond acceptors (Lipinski definition) is 5. The van der Waals surface area contributed by atoms with Gasteiger partial charge in [0.2, 0.25) is 5.91 Å². The summed E-state index contributed by atoms with van der Waals surface area (Å²) in [6.07, 6.45) is 1.01. The number of anilines is 2. The zero-order valence-corrected chi connectivity index (χ0v) is 25.9. The molecule has 0 saturated carbocycles. The fraction of sp³-hybridized carbons (Fsp3) is 0.323. The van der Waals surface area contributed by atoms with Gasteiger partial charge in [0.25, 0.3) is 11.8 Å². The maximum atomic E-state index is 13.2. The number of hydrogen-bond donors (Lipinski definition) is 2. The van der Waals surface area contributed by atoms with Crippen LogP contribution >= 0.6 is 34.8 Å². The molecule has 1 heterocycles. The minimum Gasteiger partial charge on any atom is -0.366 e. The lowest BCUT2D eigenvalue weighted by molar-refractivity contribution is -0.131. The molecule has 0 aromatic heterocycles. The molecule has 2 N–H and O–H groups in total. The summed E-state index contributed by atoms with van der Waals surface area (Å²) in [6, 6.07) is 17.2. The van der Waals surface area contributed by atoms with Gasteiger partial charge in [0.1, 0.15) is 0 Å². The number of nitrogens with zero attached hydrogens (tertiary/aromatic N) is 3. The summed E-state index contributed by atoms with van der Waals surface area (Å²) in [6.45, 7) is 3.42. The second-order valence-electron chi connectivity index (χ2n) is 10.4. The first-order chi connectivity index (χ1) is 20.1. The van der Waals surface area contributed by atoms with Crippen LogP contribution in [0.4, 0.5) is 11.4 Å². The smallest absolute Gasteiger partial charge is 0.255 e. The van der Waals surface area contributed by atoms with E-state index in [4.69, 9.17) is 34.8 Å². The van der Waals surface area contributed by atoms with Crippen molar-refractivity contribution < 1.29 is 14.4 Å². The second-order valence-corrected chi connectivity index (χ2v) is 11.6. The molecule has 42 heavy (non-hydrogen) atoms. The minimum atomic E-state index is -0.341. The lowest BCUT2D eigenvalue weighted by Crippen LogP contribution is -2.49. The summed E-state index contributed by atoms with van der Waals surface area (Å²) in [5.74, 6) is -0.489. The number of benzene rings is 3. The van der Waals surface area contributed by atoms with Crippen LogP contribution in [-0.2, 0) is 11.2 Å². The third-order valence-corrected chi connectivity index (χ3v) is 7.86. The molecular weight excluding hydrogens is 597 g/mol. The fourth-order valence-corrected chi connectivity index (χ4v) is 5.38. The Morgan fingerprint density at radius 1 is 0.833 bits per heavy atom. The van der Waals surface area contributed by atoms with Crippen LogP contribution in [0, 0.1) is 0 Å². The third-order valence-electron chi connectivity index (χ3n) is 7.03. The summed E-state index contributed by atoms with van der Waals surface area (Å²) in [5, 5.41) is 7.45. The van der Waals surface area contributed by atoms with Crippen LogP contribution in [0.2, 0.25) is 15.1 Å². The number of carbonyl (C=O) groups is 3. The lowest BCUT2D eigenvalue weighted by atomic mass is 10.1. The van der Waals surface area contributed by atoms with Gasteiger partial charge in [0, 0.05) is 71.9 Å². The second kappa shape index (κ2) is 14.7. The summed E-state index contributed by atoms with van der Waals surface area (Å²) in [4.78, 5) is 44.9. The average Bonchev–Trinajstić information content (AvgIpc) is 2.97. The van der Waals surface area contributed by atoms with E-state index in [-0.39, 0.29) is 17.7 Å². The number of carbonyl (C=O) groups excluding carboxylic acids is 3. The summed E-state index contributed by atoms with van der Waals surface area (Å²) in [7, 11) is 3.90. The fourth-order valence-electron chi connectivity index (χ4n) is 4.69. The molecule has 3 amide bonds. The normalized spacial score (nSPS) is 13.3. The average molecular weight is 631 g/mol. The first-order valence-electron chi connectivity index (χ1n) is 13.7. The van der Waals surface area contributed by atoms with Gasteiger partial charge in [0.05, 0.1) is 11.4 Å². The highest BCUT2D eigenvalue weighted by Crippen LogP contribution is 2.29. The largest absolute Gasteiger partial charge is 0.366 e. The Kier molecular flexibility index (Phi) is 11.1. The molecule has 0 radical (unpaired) electrons. The molecular formula is C31H34Cl3N5O3. The number of halogens is 3. The molecule has 0 spiro atoms. The van der Waals surface area contributed by atoms with Crippen molar-refractivity contribution in [1.82, 2.24) is 15.1 Å². The molecule has 4 rings (SSSR count). The first-order valence-corrected chi connectivity index (χ1v) is 14.8. The molecule has 0 aliphatic carbocycles. The van der Waals surface area contributed by atoms with Crippen LogP contribution in [0.3, 0.4) is 0 Å². The number of amides is 3. The van der Waals surface area contributed by atoms with Gasteiger partial charge in [0.15, 0.2) is 0 Å². The Labute approximate surface area is 261 Å². The maximum absolute atomic E-state index is 13.2. The zero-order chi connectivity index (χ0) is 30.2. The van der Waals surface area contributed by atoms with Crippen molar-refractivity contribution in [2.45, 2.75) is 12.8 Å². The summed E-state index contributed by atoms with van der Waals surface area (Å²) in [5.41, 5.74) is 2.96. The van der Waals surface area contributed by atoms with Crippen molar-refractivity contribution >= 4 is 63.9 Å². The van der Waals surface area contributed by atoms with E-state index >= 15 is 0 Å². The highest BCUT2D eigenvalue weighted by atomic mass is 35.5. The SMILES string of the molecule is CN(C)CCC(=O)N1CCN(c2ccc(C(=O)NCCc3ccc(Cl)cc3Cl)cc2NC(=O)c2cccc(Cl)c2)CC1. The molecule has 1 aliphatic rings. The van der Waals surface area contributed by atoms with Crippen molar-refractivity contribution in [3.05, 3.63) is 92.4 Å². The van der Waals surface area contributed by atoms with Gasteiger partial charge < -0.3 is 25.3 Å². The molecule has 222 valence electrons. The number of piperazine rings is 1. The van der Waals surface area contributed by atoms with E-state index in [0.717, 1.165) is 11.3 Å². The van der Waals surface area contributed by atoms with E-state index in [1.165, 1.54) is 0 Å². The molecule has 0 bridgehead atoms. The van der Waals surface area contributed by atoms with E-state index in [9.17, 15) is 14.4 Å². The van der Waals surface area contributed by atoms with Gasteiger partial charge in [-0.05, 0) is 74.6 Å². The van der Waals surface area contributed by atoms with Crippen molar-refractivity contribution in [2.24, 2.45) is 0 Å². The highest BCUT2D eigenvalue weighted by molar-refractivity contribution is 6.35. The van der Waals surface area contributed by atoms with E-state index < -0.39 is 0 Å². The Morgan fingerprint density at radius 3 is 2.24 bits per heavy atom. The van der Waals surface area contributed by atoms with Crippen molar-refractivity contribution in [3.8, 4) is 0 Å². The van der Waals surface area contributed by atoms with Crippen molar-refractivity contribution in [3.63, 3.8) is 0 Å². The van der Waals surface area contributed by atoms with Crippen LogP contribution in [0.5, 0.6) is 0 Å². The molecule has 1 saturated heterocycles. The molecule has 1 aliphatic heterocycles. The Bertz CT molecular complexity index is 1440. The van der Waals surface area contributed by atoms with Gasteiger partial charge in [-0.3, -0.25) is 14.4 Å². The zero-order valence-electron chi connectivity index (χ0n) is 23.6. The lowest BCUT2D eigenvalue weighted by Gasteiger charge is -2.37. The van der Waals surface area contributed by atoms with Crippen LogP contribution < -0.4 is 15.5 Å². The Balaban J connectivity index is 1.49. The van der Waals surface area contributed by atoms with E-state index in [1.54, 1.807) is 48.5 Å². The van der Waals surface area contributed by atoms with E-state index in [0.29, 0.717) is 84.0 Å². The van der Waals surface area contributed by atoms with Crippen LogP contribution in [0.15, 0.2) is 60.7 Å². The molecule has 11 heteroatoms. The van der Waals surface area contributed by atoms with Gasteiger partial charge in [-0.15, -0.1) is 0 Å². The predicted molar refractivity (Wildman–Crippen MR) is 170 cm³/mol.